The van der Waals surface area contributed by atoms with E-state index in [1.54, 1.807) is 19.1 Å². The molecule has 3 aromatic rings. The van der Waals surface area contributed by atoms with Crippen molar-refractivity contribution in [1.82, 2.24) is 4.98 Å². The Hall–Kier alpha value is -3.00. The summed E-state index contributed by atoms with van der Waals surface area (Å²) in [6.07, 6.45) is 1.40. The van der Waals surface area contributed by atoms with E-state index in [9.17, 15) is 17.6 Å². The summed E-state index contributed by atoms with van der Waals surface area (Å²) in [4.78, 5) is 16.4. The first-order chi connectivity index (χ1) is 15.3. The Kier molecular flexibility index (Phi) is 7.80. The quantitative estimate of drug-likeness (QED) is 0.413. The SMILES string of the molecule is CCOc1ccc(CCCC(=O)CS(=O)(=O)Cc2nc(-c3ccccc3F)oc2C)cc1. The van der Waals surface area contributed by atoms with Gasteiger partial charge in [-0.1, -0.05) is 24.3 Å². The first-order valence-corrected chi connectivity index (χ1v) is 12.2. The molecule has 0 aliphatic carbocycles. The van der Waals surface area contributed by atoms with Crippen LogP contribution in [0.15, 0.2) is 52.9 Å². The van der Waals surface area contributed by atoms with Gasteiger partial charge < -0.3 is 9.15 Å². The lowest BCUT2D eigenvalue weighted by Crippen LogP contribution is -2.18. The third-order valence-corrected chi connectivity index (χ3v) is 6.36. The molecule has 0 aliphatic heterocycles. The molecule has 1 heterocycles. The van der Waals surface area contributed by atoms with E-state index in [-0.39, 0.29) is 35.1 Å². The lowest BCUT2D eigenvalue weighted by atomic mass is 10.1. The van der Waals surface area contributed by atoms with Gasteiger partial charge >= 0.3 is 0 Å². The molecular formula is C24H26FNO5S. The van der Waals surface area contributed by atoms with E-state index in [0.29, 0.717) is 19.4 Å². The van der Waals surface area contributed by atoms with E-state index >= 15 is 0 Å². The van der Waals surface area contributed by atoms with Crippen LogP contribution in [0.2, 0.25) is 0 Å². The molecule has 8 heteroatoms. The molecule has 0 bridgehead atoms. The van der Waals surface area contributed by atoms with Crippen molar-refractivity contribution in [3.63, 3.8) is 0 Å². The number of Topliss-reactive ketones (excluding diaryl/α,β-unsaturated/α-hetero) is 1. The van der Waals surface area contributed by atoms with E-state index in [2.05, 4.69) is 4.98 Å². The highest BCUT2D eigenvalue weighted by molar-refractivity contribution is 7.91. The highest BCUT2D eigenvalue weighted by atomic mass is 32.2. The number of aryl methyl sites for hydroxylation is 2. The monoisotopic (exact) mass is 459 g/mol. The number of halogens is 1. The Morgan fingerprint density at radius 1 is 1.12 bits per heavy atom. The van der Waals surface area contributed by atoms with Gasteiger partial charge in [0.25, 0.3) is 0 Å². The maximum absolute atomic E-state index is 14.0. The minimum absolute atomic E-state index is 0.0208. The fraction of sp³-hybridized carbons (Fsp3) is 0.333. The van der Waals surface area contributed by atoms with Crippen LogP contribution in [0, 0.1) is 12.7 Å². The van der Waals surface area contributed by atoms with Gasteiger partial charge in [0.1, 0.15) is 28.9 Å². The molecule has 0 amide bonds. The van der Waals surface area contributed by atoms with Crippen molar-refractivity contribution in [1.29, 1.82) is 0 Å². The van der Waals surface area contributed by atoms with Gasteiger partial charge in [0.2, 0.25) is 5.89 Å². The molecule has 0 aliphatic rings. The lowest BCUT2D eigenvalue weighted by Gasteiger charge is -2.05. The lowest BCUT2D eigenvalue weighted by molar-refractivity contribution is -0.116. The maximum atomic E-state index is 14.0. The Bertz CT molecular complexity index is 1170. The normalized spacial score (nSPS) is 11.5. The van der Waals surface area contributed by atoms with E-state index in [4.69, 9.17) is 9.15 Å². The number of nitrogens with zero attached hydrogens (tertiary/aromatic N) is 1. The Labute approximate surface area is 187 Å². The molecule has 2 aromatic carbocycles. The fourth-order valence-corrected chi connectivity index (χ4v) is 4.72. The van der Waals surface area contributed by atoms with Crippen LogP contribution in [0.3, 0.4) is 0 Å². The van der Waals surface area contributed by atoms with Gasteiger partial charge in [-0.25, -0.2) is 17.8 Å². The van der Waals surface area contributed by atoms with Crippen molar-refractivity contribution in [2.75, 3.05) is 12.4 Å². The number of oxazole rings is 1. The molecule has 3 rings (SSSR count). The highest BCUT2D eigenvalue weighted by Gasteiger charge is 2.22. The van der Waals surface area contributed by atoms with Crippen molar-refractivity contribution in [3.8, 4) is 17.2 Å². The predicted octanol–water partition coefficient (Wildman–Crippen LogP) is 4.69. The molecule has 6 nitrogen and oxygen atoms in total. The number of carbonyl (C=O) groups is 1. The Morgan fingerprint density at radius 3 is 2.53 bits per heavy atom. The van der Waals surface area contributed by atoms with Gasteiger partial charge in [0.05, 0.1) is 23.6 Å². The zero-order valence-electron chi connectivity index (χ0n) is 18.1. The number of aromatic nitrogens is 1. The van der Waals surface area contributed by atoms with E-state index in [1.807, 2.05) is 31.2 Å². The average Bonchev–Trinajstić information content (AvgIpc) is 3.08. The molecule has 1 aromatic heterocycles. The number of ether oxygens (including phenoxy) is 1. The zero-order valence-corrected chi connectivity index (χ0v) is 19.0. The summed E-state index contributed by atoms with van der Waals surface area (Å²) in [6, 6.07) is 13.6. The maximum Gasteiger partial charge on any atom is 0.229 e. The van der Waals surface area contributed by atoms with Crippen LogP contribution in [-0.2, 0) is 26.8 Å². The number of rotatable bonds is 11. The number of carbonyl (C=O) groups excluding carboxylic acids is 1. The van der Waals surface area contributed by atoms with Crippen molar-refractivity contribution >= 4 is 15.6 Å². The van der Waals surface area contributed by atoms with Gasteiger partial charge in [-0.15, -0.1) is 0 Å². The molecule has 0 N–H and O–H groups in total. The average molecular weight is 460 g/mol. The highest BCUT2D eigenvalue weighted by Crippen LogP contribution is 2.25. The van der Waals surface area contributed by atoms with Gasteiger partial charge in [0.15, 0.2) is 9.84 Å². The van der Waals surface area contributed by atoms with Crippen molar-refractivity contribution < 1.29 is 26.8 Å². The van der Waals surface area contributed by atoms with Gasteiger partial charge in [-0.05, 0) is 56.5 Å². The molecule has 0 fully saturated rings. The molecule has 0 radical (unpaired) electrons. The number of sulfone groups is 1. The second kappa shape index (κ2) is 10.5. The van der Waals surface area contributed by atoms with Gasteiger partial charge in [0, 0.05) is 6.42 Å². The van der Waals surface area contributed by atoms with Gasteiger partial charge in [-0.3, -0.25) is 4.79 Å². The molecule has 0 saturated heterocycles. The molecular weight excluding hydrogens is 433 g/mol. The first-order valence-electron chi connectivity index (χ1n) is 10.4. The second-order valence-electron chi connectivity index (χ2n) is 7.50. The number of benzene rings is 2. The Balaban J connectivity index is 1.53. The summed E-state index contributed by atoms with van der Waals surface area (Å²) in [6.45, 7) is 4.08. The fourth-order valence-electron chi connectivity index (χ4n) is 3.30. The smallest absolute Gasteiger partial charge is 0.229 e. The van der Waals surface area contributed by atoms with E-state index in [1.165, 1.54) is 12.1 Å². The molecule has 0 atom stereocenters. The first kappa shape index (κ1) is 23.7. The third kappa shape index (κ3) is 6.50. The summed E-state index contributed by atoms with van der Waals surface area (Å²) in [5.74, 6) is -0.738. The van der Waals surface area contributed by atoms with Gasteiger partial charge in [-0.2, -0.15) is 0 Å². The minimum Gasteiger partial charge on any atom is -0.494 e. The number of hydrogen-bond donors (Lipinski definition) is 0. The number of ketones is 1. The third-order valence-electron chi connectivity index (χ3n) is 4.89. The molecule has 170 valence electrons. The standard InChI is InChI=1S/C24H26FNO5S/c1-3-30-20-13-11-18(12-14-20)7-6-8-19(27)15-32(28,29)16-23-17(2)31-24(26-23)21-9-4-5-10-22(21)25/h4-5,9-14H,3,6-8,15-16H2,1-2H3. The van der Waals surface area contributed by atoms with Crippen LogP contribution < -0.4 is 4.74 Å². The molecule has 32 heavy (non-hydrogen) atoms. The Morgan fingerprint density at radius 2 is 1.84 bits per heavy atom. The predicted molar refractivity (Wildman–Crippen MR) is 120 cm³/mol. The van der Waals surface area contributed by atoms with Crippen molar-refractivity contribution in [3.05, 3.63) is 71.4 Å². The zero-order chi connectivity index (χ0) is 23.1. The van der Waals surface area contributed by atoms with Crippen LogP contribution in [0.5, 0.6) is 5.75 Å². The van der Waals surface area contributed by atoms with Crippen LogP contribution in [-0.4, -0.2) is 31.5 Å². The van der Waals surface area contributed by atoms with Crippen LogP contribution in [0.1, 0.15) is 36.8 Å². The van der Waals surface area contributed by atoms with Crippen molar-refractivity contribution in [2.24, 2.45) is 0 Å². The minimum atomic E-state index is -3.72. The summed E-state index contributed by atoms with van der Waals surface area (Å²) in [5, 5.41) is 0. The molecule has 0 saturated carbocycles. The second-order valence-corrected chi connectivity index (χ2v) is 9.57. The largest absolute Gasteiger partial charge is 0.494 e. The van der Waals surface area contributed by atoms with Crippen LogP contribution in [0.25, 0.3) is 11.5 Å². The molecule has 0 unspecified atom stereocenters. The summed E-state index contributed by atoms with van der Waals surface area (Å²) < 4.78 is 49.8. The van der Waals surface area contributed by atoms with E-state index < -0.39 is 27.2 Å². The topological polar surface area (TPSA) is 86.5 Å². The molecule has 0 spiro atoms. The van der Waals surface area contributed by atoms with Crippen molar-refractivity contribution in [2.45, 2.75) is 38.9 Å². The van der Waals surface area contributed by atoms with Crippen LogP contribution in [0.4, 0.5) is 4.39 Å². The van der Waals surface area contributed by atoms with Crippen LogP contribution >= 0.6 is 0 Å². The summed E-state index contributed by atoms with van der Waals surface area (Å²) in [5.41, 5.74) is 1.40. The summed E-state index contributed by atoms with van der Waals surface area (Å²) in [7, 11) is -3.72. The summed E-state index contributed by atoms with van der Waals surface area (Å²) >= 11 is 0. The number of hydrogen-bond acceptors (Lipinski definition) is 6. The van der Waals surface area contributed by atoms with E-state index in [0.717, 1.165) is 11.3 Å².